The molecule has 19 heavy (non-hydrogen) atoms. The molecule has 0 fully saturated rings. The lowest BCUT2D eigenvalue weighted by Gasteiger charge is -2.19. The minimum absolute atomic E-state index is 0.648. The van der Waals surface area contributed by atoms with Gasteiger partial charge in [0.25, 0.3) is 0 Å². The van der Waals surface area contributed by atoms with Crippen LogP contribution in [0, 0.1) is 22.7 Å². The summed E-state index contributed by atoms with van der Waals surface area (Å²) in [7, 11) is 1.97. The monoisotopic (exact) mass is 247 g/mol. The van der Waals surface area contributed by atoms with E-state index in [0.29, 0.717) is 17.7 Å². The predicted octanol–water partition coefficient (Wildman–Crippen LogP) is 3.07. The molecule has 2 aromatic rings. The number of rotatable bonds is 3. The molecule has 0 saturated carbocycles. The van der Waals surface area contributed by atoms with Crippen molar-refractivity contribution in [2.45, 2.75) is 6.54 Å². The van der Waals surface area contributed by atoms with E-state index in [2.05, 4.69) is 17.0 Å². The van der Waals surface area contributed by atoms with Crippen molar-refractivity contribution in [3.8, 4) is 12.1 Å². The molecule has 0 aliphatic heterocycles. The standard InChI is InChI=1S/C16H13N3/c1-19(16-7-3-5-14(9-16)11-18)12-15-6-2-4-13(8-15)10-17/h2-9H,12H2,1H3. The van der Waals surface area contributed by atoms with Crippen molar-refractivity contribution < 1.29 is 0 Å². The van der Waals surface area contributed by atoms with E-state index >= 15 is 0 Å². The Bertz CT molecular complexity index is 662. The zero-order valence-electron chi connectivity index (χ0n) is 10.7. The van der Waals surface area contributed by atoms with E-state index in [1.807, 2.05) is 43.4 Å². The summed E-state index contributed by atoms with van der Waals surface area (Å²) in [5.41, 5.74) is 3.37. The Kier molecular flexibility index (Phi) is 3.81. The lowest BCUT2D eigenvalue weighted by atomic mass is 10.1. The molecule has 0 aromatic heterocycles. The van der Waals surface area contributed by atoms with Crippen LogP contribution >= 0.6 is 0 Å². The fourth-order valence-electron chi connectivity index (χ4n) is 1.92. The van der Waals surface area contributed by atoms with Gasteiger partial charge in [-0.1, -0.05) is 18.2 Å². The average molecular weight is 247 g/mol. The highest BCUT2D eigenvalue weighted by molar-refractivity contribution is 5.51. The zero-order chi connectivity index (χ0) is 13.7. The van der Waals surface area contributed by atoms with Crippen molar-refractivity contribution in [1.82, 2.24) is 0 Å². The Morgan fingerprint density at radius 2 is 1.58 bits per heavy atom. The van der Waals surface area contributed by atoms with E-state index < -0.39 is 0 Å². The van der Waals surface area contributed by atoms with Crippen molar-refractivity contribution in [3.05, 3.63) is 65.2 Å². The molecule has 0 N–H and O–H groups in total. The highest BCUT2D eigenvalue weighted by Crippen LogP contribution is 2.17. The number of benzene rings is 2. The van der Waals surface area contributed by atoms with Crippen LogP contribution in [0.2, 0.25) is 0 Å². The summed E-state index contributed by atoms with van der Waals surface area (Å²) in [5.74, 6) is 0. The molecular weight excluding hydrogens is 234 g/mol. The fourth-order valence-corrected chi connectivity index (χ4v) is 1.92. The van der Waals surface area contributed by atoms with Crippen molar-refractivity contribution in [2.24, 2.45) is 0 Å². The molecular formula is C16H13N3. The topological polar surface area (TPSA) is 50.8 Å². The molecule has 0 unspecified atom stereocenters. The molecule has 3 heteroatoms. The third-order valence-electron chi connectivity index (χ3n) is 2.89. The first-order valence-corrected chi connectivity index (χ1v) is 5.93. The van der Waals surface area contributed by atoms with E-state index in [0.717, 1.165) is 11.3 Å². The second-order valence-electron chi connectivity index (χ2n) is 4.33. The molecule has 0 aliphatic carbocycles. The quantitative estimate of drug-likeness (QED) is 0.837. The maximum Gasteiger partial charge on any atom is 0.0992 e. The highest BCUT2D eigenvalue weighted by atomic mass is 15.1. The number of anilines is 1. The van der Waals surface area contributed by atoms with Crippen LogP contribution in [-0.2, 0) is 6.54 Å². The normalized spacial score (nSPS) is 9.42. The second-order valence-corrected chi connectivity index (χ2v) is 4.33. The Labute approximate surface area is 112 Å². The second kappa shape index (κ2) is 5.71. The van der Waals surface area contributed by atoms with Gasteiger partial charge in [0.2, 0.25) is 0 Å². The van der Waals surface area contributed by atoms with Gasteiger partial charge in [-0.3, -0.25) is 0 Å². The molecule has 0 atom stereocenters. The summed E-state index contributed by atoms with van der Waals surface area (Å²) in [6, 6.07) is 19.3. The maximum absolute atomic E-state index is 8.90. The number of hydrogen-bond acceptors (Lipinski definition) is 3. The van der Waals surface area contributed by atoms with Gasteiger partial charge < -0.3 is 4.90 Å². The summed E-state index contributed by atoms with van der Waals surface area (Å²) in [6.45, 7) is 0.699. The molecule has 92 valence electrons. The van der Waals surface area contributed by atoms with Crippen molar-refractivity contribution in [1.29, 1.82) is 10.5 Å². The lowest BCUT2D eigenvalue weighted by molar-refractivity contribution is 0.922. The number of hydrogen-bond donors (Lipinski definition) is 0. The molecule has 0 aliphatic rings. The minimum atomic E-state index is 0.648. The Balaban J connectivity index is 2.18. The van der Waals surface area contributed by atoms with Gasteiger partial charge in [0.1, 0.15) is 0 Å². The van der Waals surface area contributed by atoms with Crippen LogP contribution in [0.4, 0.5) is 5.69 Å². The first kappa shape index (κ1) is 12.7. The van der Waals surface area contributed by atoms with Crippen molar-refractivity contribution in [3.63, 3.8) is 0 Å². The largest absolute Gasteiger partial charge is 0.370 e. The fraction of sp³-hybridized carbons (Fsp3) is 0.125. The summed E-state index contributed by atoms with van der Waals surface area (Å²) in [5, 5.41) is 17.8. The van der Waals surface area contributed by atoms with Gasteiger partial charge in [-0.15, -0.1) is 0 Å². The number of nitriles is 2. The van der Waals surface area contributed by atoms with Gasteiger partial charge in [0.15, 0.2) is 0 Å². The van der Waals surface area contributed by atoms with Crippen LogP contribution in [-0.4, -0.2) is 7.05 Å². The summed E-state index contributed by atoms with van der Waals surface area (Å²) >= 11 is 0. The van der Waals surface area contributed by atoms with Crippen LogP contribution in [0.1, 0.15) is 16.7 Å². The molecule has 0 spiro atoms. The highest BCUT2D eigenvalue weighted by Gasteiger charge is 2.03. The third-order valence-corrected chi connectivity index (χ3v) is 2.89. The summed E-state index contributed by atoms with van der Waals surface area (Å²) in [4.78, 5) is 2.05. The van der Waals surface area contributed by atoms with Crippen LogP contribution in [0.3, 0.4) is 0 Å². The van der Waals surface area contributed by atoms with Gasteiger partial charge in [0.05, 0.1) is 23.3 Å². The predicted molar refractivity (Wildman–Crippen MR) is 74.4 cm³/mol. The van der Waals surface area contributed by atoms with E-state index in [4.69, 9.17) is 10.5 Å². The average Bonchev–Trinajstić information content (AvgIpc) is 2.47. The van der Waals surface area contributed by atoms with Gasteiger partial charge in [-0.25, -0.2) is 0 Å². The SMILES string of the molecule is CN(Cc1cccc(C#N)c1)c1cccc(C#N)c1. The minimum Gasteiger partial charge on any atom is -0.370 e. The third kappa shape index (κ3) is 3.12. The van der Waals surface area contributed by atoms with Crippen LogP contribution < -0.4 is 4.90 Å². The molecule has 0 saturated heterocycles. The molecule has 2 rings (SSSR count). The molecule has 0 radical (unpaired) electrons. The molecule has 0 amide bonds. The summed E-state index contributed by atoms with van der Waals surface area (Å²) in [6.07, 6.45) is 0. The zero-order valence-corrected chi connectivity index (χ0v) is 10.7. The first-order chi connectivity index (χ1) is 9.22. The van der Waals surface area contributed by atoms with Gasteiger partial charge in [0, 0.05) is 19.3 Å². The van der Waals surface area contributed by atoms with Gasteiger partial charge >= 0.3 is 0 Å². The number of nitrogens with zero attached hydrogens (tertiary/aromatic N) is 3. The Hall–Kier alpha value is -2.78. The van der Waals surface area contributed by atoms with E-state index in [1.165, 1.54) is 0 Å². The van der Waals surface area contributed by atoms with Gasteiger partial charge in [-0.05, 0) is 35.9 Å². The first-order valence-electron chi connectivity index (χ1n) is 5.93. The smallest absolute Gasteiger partial charge is 0.0992 e. The van der Waals surface area contributed by atoms with Gasteiger partial charge in [-0.2, -0.15) is 10.5 Å². The van der Waals surface area contributed by atoms with Crippen molar-refractivity contribution in [2.75, 3.05) is 11.9 Å². The molecule has 0 bridgehead atoms. The molecule has 0 heterocycles. The van der Waals surface area contributed by atoms with E-state index in [-0.39, 0.29) is 0 Å². The molecule has 3 nitrogen and oxygen atoms in total. The van der Waals surface area contributed by atoms with Crippen molar-refractivity contribution >= 4 is 5.69 Å². The van der Waals surface area contributed by atoms with Crippen LogP contribution in [0.5, 0.6) is 0 Å². The Morgan fingerprint density at radius 1 is 0.947 bits per heavy atom. The Morgan fingerprint density at radius 3 is 2.26 bits per heavy atom. The van der Waals surface area contributed by atoms with E-state index in [1.54, 1.807) is 12.1 Å². The molecule has 2 aromatic carbocycles. The summed E-state index contributed by atoms with van der Waals surface area (Å²) < 4.78 is 0. The lowest BCUT2D eigenvalue weighted by Crippen LogP contribution is -2.16. The van der Waals surface area contributed by atoms with E-state index in [9.17, 15) is 0 Å². The van der Waals surface area contributed by atoms with Crippen LogP contribution in [0.15, 0.2) is 48.5 Å². The van der Waals surface area contributed by atoms with Crippen LogP contribution in [0.25, 0.3) is 0 Å². The maximum atomic E-state index is 8.90.